The molecule has 1 aliphatic carbocycles. The molecule has 4 nitrogen and oxygen atoms in total. The Morgan fingerprint density at radius 2 is 2.12 bits per heavy atom. The molecule has 1 fully saturated rings. The molecule has 1 aromatic rings. The van der Waals surface area contributed by atoms with Gasteiger partial charge in [-0.3, -0.25) is 0 Å². The predicted molar refractivity (Wildman–Crippen MR) is 70.5 cm³/mol. The van der Waals surface area contributed by atoms with Gasteiger partial charge < -0.3 is 5.73 Å². The molecule has 0 radical (unpaired) electrons. The van der Waals surface area contributed by atoms with Crippen molar-refractivity contribution in [3.8, 4) is 0 Å². The SMILES string of the molecule is CN(CC1CCCC1)S(=O)(=O)c1cc(N)cs1. The summed E-state index contributed by atoms with van der Waals surface area (Å²) in [7, 11) is -1.68. The van der Waals surface area contributed by atoms with E-state index < -0.39 is 10.0 Å². The van der Waals surface area contributed by atoms with Crippen LogP contribution >= 0.6 is 11.3 Å². The van der Waals surface area contributed by atoms with E-state index in [1.807, 2.05) is 0 Å². The average molecular weight is 274 g/mol. The van der Waals surface area contributed by atoms with E-state index >= 15 is 0 Å². The van der Waals surface area contributed by atoms with E-state index in [0.717, 1.165) is 12.8 Å². The minimum absolute atomic E-state index is 0.343. The minimum Gasteiger partial charge on any atom is -0.398 e. The highest BCUT2D eigenvalue weighted by molar-refractivity contribution is 7.91. The summed E-state index contributed by atoms with van der Waals surface area (Å²) in [6.45, 7) is 0.625. The first-order valence-corrected chi connectivity index (χ1v) is 8.12. The number of nitrogen functional groups attached to an aromatic ring is 1. The summed E-state index contributed by atoms with van der Waals surface area (Å²) in [6.07, 6.45) is 4.74. The molecule has 0 amide bonds. The van der Waals surface area contributed by atoms with Crippen LogP contribution in [-0.4, -0.2) is 26.3 Å². The lowest BCUT2D eigenvalue weighted by atomic mass is 10.1. The smallest absolute Gasteiger partial charge is 0.252 e. The van der Waals surface area contributed by atoms with Crippen LogP contribution in [0.2, 0.25) is 0 Å². The Morgan fingerprint density at radius 3 is 2.65 bits per heavy atom. The molecule has 0 bridgehead atoms. The number of nitrogens with zero attached hydrogens (tertiary/aromatic N) is 1. The van der Waals surface area contributed by atoms with Crippen LogP contribution in [0, 0.1) is 5.92 Å². The maximum absolute atomic E-state index is 12.2. The summed E-state index contributed by atoms with van der Waals surface area (Å²) in [5.41, 5.74) is 6.08. The van der Waals surface area contributed by atoms with E-state index in [-0.39, 0.29) is 0 Å². The molecular weight excluding hydrogens is 256 g/mol. The topological polar surface area (TPSA) is 63.4 Å². The zero-order valence-electron chi connectivity index (χ0n) is 9.93. The lowest BCUT2D eigenvalue weighted by molar-refractivity contribution is 0.388. The standard InChI is InChI=1S/C11H18N2O2S2/c1-13(7-9-4-2-3-5-9)17(14,15)11-6-10(12)8-16-11/h6,8-9H,2-5,7,12H2,1H3. The quantitative estimate of drug-likeness (QED) is 0.915. The number of anilines is 1. The largest absolute Gasteiger partial charge is 0.398 e. The minimum atomic E-state index is -3.33. The van der Waals surface area contributed by atoms with Gasteiger partial charge in [0.05, 0.1) is 0 Å². The fourth-order valence-electron chi connectivity index (χ4n) is 2.27. The maximum atomic E-state index is 12.2. The summed E-state index contributed by atoms with van der Waals surface area (Å²) in [5, 5.41) is 1.66. The highest BCUT2D eigenvalue weighted by Gasteiger charge is 2.26. The molecule has 2 N–H and O–H groups in total. The first-order valence-electron chi connectivity index (χ1n) is 5.80. The van der Waals surface area contributed by atoms with Crippen molar-refractivity contribution in [1.82, 2.24) is 4.31 Å². The van der Waals surface area contributed by atoms with Crippen molar-refractivity contribution < 1.29 is 8.42 Å². The molecule has 1 aliphatic rings. The Balaban J connectivity index is 2.09. The van der Waals surface area contributed by atoms with Crippen molar-refractivity contribution in [2.75, 3.05) is 19.3 Å². The zero-order valence-corrected chi connectivity index (χ0v) is 11.6. The van der Waals surface area contributed by atoms with Crippen LogP contribution in [0.3, 0.4) is 0 Å². The molecule has 0 atom stereocenters. The third-order valence-corrected chi connectivity index (χ3v) is 6.51. The second kappa shape index (κ2) is 4.96. The second-order valence-corrected chi connectivity index (χ2v) is 7.82. The van der Waals surface area contributed by atoms with Crippen LogP contribution in [0.1, 0.15) is 25.7 Å². The molecule has 1 saturated carbocycles. The zero-order chi connectivity index (χ0) is 12.5. The summed E-state index contributed by atoms with van der Waals surface area (Å²) in [5.74, 6) is 0.520. The van der Waals surface area contributed by atoms with Crippen LogP contribution in [0.4, 0.5) is 5.69 Å². The molecule has 0 saturated heterocycles. The Morgan fingerprint density at radius 1 is 1.47 bits per heavy atom. The van der Waals surface area contributed by atoms with Gasteiger partial charge in [-0.15, -0.1) is 11.3 Å². The van der Waals surface area contributed by atoms with E-state index in [1.165, 1.54) is 34.6 Å². The Bertz CT molecular complexity index is 475. The van der Waals surface area contributed by atoms with Crippen molar-refractivity contribution in [2.24, 2.45) is 5.92 Å². The van der Waals surface area contributed by atoms with Crippen molar-refractivity contribution in [2.45, 2.75) is 29.9 Å². The van der Waals surface area contributed by atoms with Crippen molar-refractivity contribution >= 4 is 27.0 Å². The van der Waals surface area contributed by atoms with E-state index in [0.29, 0.717) is 22.4 Å². The summed E-state index contributed by atoms with van der Waals surface area (Å²) >= 11 is 1.19. The lowest BCUT2D eigenvalue weighted by Crippen LogP contribution is -2.30. The number of sulfonamides is 1. The molecular formula is C11H18N2O2S2. The molecule has 1 aromatic heterocycles. The van der Waals surface area contributed by atoms with Crippen molar-refractivity contribution in [3.05, 3.63) is 11.4 Å². The molecule has 2 rings (SSSR count). The first-order chi connectivity index (χ1) is 8.00. The molecule has 0 aromatic carbocycles. The second-order valence-electron chi connectivity index (χ2n) is 4.64. The Kier molecular flexibility index (Phi) is 3.75. The summed E-state index contributed by atoms with van der Waals surface area (Å²) < 4.78 is 26.2. The fourth-order valence-corrected chi connectivity index (χ4v) is 4.81. The van der Waals surface area contributed by atoms with Gasteiger partial charge in [-0.05, 0) is 24.8 Å². The maximum Gasteiger partial charge on any atom is 0.252 e. The van der Waals surface area contributed by atoms with Gasteiger partial charge in [-0.25, -0.2) is 8.42 Å². The van der Waals surface area contributed by atoms with Crippen LogP contribution in [-0.2, 0) is 10.0 Å². The third kappa shape index (κ3) is 2.81. The normalized spacial score (nSPS) is 18.0. The van der Waals surface area contributed by atoms with Gasteiger partial charge in [-0.2, -0.15) is 4.31 Å². The van der Waals surface area contributed by atoms with Gasteiger partial charge in [0.25, 0.3) is 10.0 Å². The van der Waals surface area contributed by atoms with Gasteiger partial charge in [0.2, 0.25) is 0 Å². The van der Waals surface area contributed by atoms with Gasteiger partial charge in [0.15, 0.2) is 0 Å². The molecule has 0 spiro atoms. The van der Waals surface area contributed by atoms with E-state index in [9.17, 15) is 8.42 Å². The van der Waals surface area contributed by atoms with Gasteiger partial charge in [0, 0.05) is 24.7 Å². The lowest BCUT2D eigenvalue weighted by Gasteiger charge is -2.19. The van der Waals surface area contributed by atoms with E-state index in [1.54, 1.807) is 12.4 Å². The first kappa shape index (κ1) is 12.9. The predicted octanol–water partition coefficient (Wildman–Crippen LogP) is 2.14. The summed E-state index contributed by atoms with van der Waals surface area (Å²) in [4.78, 5) is 0. The van der Waals surface area contributed by atoms with Gasteiger partial charge in [-0.1, -0.05) is 12.8 Å². The number of hydrogen-bond donors (Lipinski definition) is 1. The van der Waals surface area contributed by atoms with Crippen LogP contribution in [0.15, 0.2) is 15.7 Å². The van der Waals surface area contributed by atoms with Crippen LogP contribution in [0.5, 0.6) is 0 Å². The number of nitrogens with two attached hydrogens (primary N) is 1. The molecule has 6 heteroatoms. The Labute approximate surface area is 106 Å². The fraction of sp³-hybridized carbons (Fsp3) is 0.636. The Hall–Kier alpha value is -0.590. The monoisotopic (exact) mass is 274 g/mol. The van der Waals surface area contributed by atoms with Crippen LogP contribution in [0.25, 0.3) is 0 Å². The molecule has 1 heterocycles. The van der Waals surface area contributed by atoms with E-state index in [4.69, 9.17) is 5.73 Å². The summed E-state index contributed by atoms with van der Waals surface area (Å²) in [6, 6.07) is 1.53. The highest BCUT2D eigenvalue weighted by Crippen LogP contribution is 2.29. The van der Waals surface area contributed by atoms with Crippen molar-refractivity contribution in [1.29, 1.82) is 0 Å². The number of thiophene rings is 1. The number of rotatable bonds is 4. The van der Waals surface area contributed by atoms with Gasteiger partial charge >= 0.3 is 0 Å². The van der Waals surface area contributed by atoms with Crippen LogP contribution < -0.4 is 5.73 Å². The third-order valence-electron chi connectivity index (χ3n) is 3.25. The molecule has 96 valence electrons. The molecule has 17 heavy (non-hydrogen) atoms. The molecule has 0 aliphatic heterocycles. The van der Waals surface area contributed by atoms with E-state index in [2.05, 4.69) is 0 Å². The average Bonchev–Trinajstić information content (AvgIpc) is 2.89. The van der Waals surface area contributed by atoms with Crippen molar-refractivity contribution in [3.63, 3.8) is 0 Å². The van der Waals surface area contributed by atoms with Gasteiger partial charge in [0.1, 0.15) is 4.21 Å². The number of hydrogen-bond acceptors (Lipinski definition) is 4. The molecule has 0 unspecified atom stereocenters. The highest BCUT2D eigenvalue weighted by atomic mass is 32.2.